The molecule has 7 heteroatoms. The molecule has 1 aliphatic rings. The van der Waals surface area contributed by atoms with Crippen LogP contribution in [-0.2, 0) is 13.0 Å². The number of nitrogens with zero attached hydrogens (tertiary/aromatic N) is 4. The Morgan fingerprint density at radius 1 is 1.23 bits per heavy atom. The molecule has 2 heterocycles. The zero-order chi connectivity index (χ0) is 18.4. The molecule has 1 aliphatic heterocycles. The summed E-state index contributed by atoms with van der Waals surface area (Å²) in [6.07, 6.45) is 5.73. The Morgan fingerprint density at radius 3 is 2.96 bits per heavy atom. The third-order valence-electron chi connectivity index (χ3n) is 4.56. The highest BCUT2D eigenvalue weighted by molar-refractivity contribution is 7.80. The van der Waals surface area contributed by atoms with Gasteiger partial charge in [-0.2, -0.15) is 0 Å². The van der Waals surface area contributed by atoms with Crippen LogP contribution in [-0.4, -0.2) is 52.0 Å². The number of thiocarbonyl (C=S) groups is 1. The molecule has 140 valence electrons. The van der Waals surface area contributed by atoms with E-state index in [1.165, 1.54) is 19.3 Å². The van der Waals surface area contributed by atoms with Crippen LogP contribution in [0.1, 0.15) is 31.5 Å². The lowest BCUT2D eigenvalue weighted by atomic mass is 10.2. The number of hydrogen-bond donors (Lipinski definition) is 2. The molecule has 6 nitrogen and oxygen atoms in total. The Kier molecular flexibility index (Phi) is 6.57. The van der Waals surface area contributed by atoms with Gasteiger partial charge in [0.15, 0.2) is 10.9 Å². The van der Waals surface area contributed by atoms with Gasteiger partial charge in [-0.1, -0.05) is 18.6 Å². The number of hydrogen-bond acceptors (Lipinski definition) is 4. The molecule has 0 amide bonds. The molecular weight excluding hydrogens is 344 g/mol. The quantitative estimate of drug-likeness (QED) is 0.601. The molecule has 1 aromatic heterocycles. The molecule has 26 heavy (non-hydrogen) atoms. The van der Waals surface area contributed by atoms with E-state index in [1.807, 2.05) is 12.1 Å². The first-order valence-electron chi connectivity index (χ1n) is 9.35. The predicted molar refractivity (Wildman–Crippen MR) is 110 cm³/mol. The fourth-order valence-corrected chi connectivity index (χ4v) is 3.43. The van der Waals surface area contributed by atoms with Crippen LogP contribution in [0.5, 0.6) is 0 Å². The van der Waals surface area contributed by atoms with Crippen LogP contribution >= 0.6 is 12.2 Å². The summed E-state index contributed by atoms with van der Waals surface area (Å²) < 4.78 is 2.27. The summed E-state index contributed by atoms with van der Waals surface area (Å²) in [6.45, 7) is 2.91. The molecule has 0 atom stereocenters. The molecule has 1 aromatic carbocycles. The van der Waals surface area contributed by atoms with E-state index in [1.54, 1.807) is 0 Å². The van der Waals surface area contributed by atoms with Crippen molar-refractivity contribution in [2.45, 2.75) is 38.6 Å². The van der Waals surface area contributed by atoms with Crippen LogP contribution in [0, 0.1) is 0 Å². The second kappa shape index (κ2) is 9.09. The van der Waals surface area contributed by atoms with Crippen molar-refractivity contribution in [3.63, 3.8) is 0 Å². The fraction of sp³-hybridized carbons (Fsp3) is 0.526. The van der Waals surface area contributed by atoms with Gasteiger partial charge >= 0.3 is 0 Å². The average molecular weight is 373 g/mol. The molecule has 0 aliphatic carbocycles. The highest BCUT2D eigenvalue weighted by atomic mass is 32.1. The van der Waals surface area contributed by atoms with Gasteiger partial charge in [-0.3, -0.25) is 0 Å². The number of aromatic nitrogens is 3. The van der Waals surface area contributed by atoms with Crippen LogP contribution in [0.3, 0.4) is 0 Å². The molecule has 3 rings (SSSR count). The van der Waals surface area contributed by atoms with Crippen LogP contribution < -0.4 is 10.6 Å². The topological polar surface area (TPSA) is 58.0 Å². The highest BCUT2D eigenvalue weighted by Crippen LogP contribution is 2.24. The van der Waals surface area contributed by atoms with Gasteiger partial charge in [0.2, 0.25) is 0 Å². The predicted octanol–water partition coefficient (Wildman–Crippen LogP) is 2.91. The van der Waals surface area contributed by atoms with Gasteiger partial charge in [-0.05, 0) is 64.3 Å². The molecular formula is C19H28N6S. The van der Waals surface area contributed by atoms with E-state index in [4.69, 9.17) is 12.2 Å². The smallest absolute Gasteiger partial charge is 0.170 e. The van der Waals surface area contributed by atoms with E-state index in [2.05, 4.69) is 56.5 Å². The second-order valence-electron chi connectivity index (χ2n) is 7.02. The Bertz CT molecular complexity index is 739. The largest absolute Gasteiger partial charge is 0.362 e. The van der Waals surface area contributed by atoms with E-state index in [-0.39, 0.29) is 0 Å². The lowest BCUT2D eigenvalue weighted by Gasteiger charge is -2.13. The molecule has 0 radical (unpaired) electrons. The SMILES string of the molecule is CN(C)CCCNC(=S)Nc1cccc(-c2nnc3n2CCCCC3)c1. The molecule has 0 saturated carbocycles. The van der Waals surface area contributed by atoms with Crippen molar-refractivity contribution >= 4 is 23.0 Å². The second-order valence-corrected chi connectivity index (χ2v) is 7.43. The summed E-state index contributed by atoms with van der Waals surface area (Å²) in [5.41, 5.74) is 2.05. The third-order valence-corrected chi connectivity index (χ3v) is 4.80. The maximum atomic E-state index is 5.40. The molecule has 0 bridgehead atoms. The van der Waals surface area contributed by atoms with Gasteiger partial charge in [0.25, 0.3) is 0 Å². The van der Waals surface area contributed by atoms with Gasteiger partial charge in [-0.25, -0.2) is 0 Å². The van der Waals surface area contributed by atoms with Crippen molar-refractivity contribution in [3.8, 4) is 11.4 Å². The summed E-state index contributed by atoms with van der Waals surface area (Å²) in [6, 6.07) is 8.23. The number of rotatable bonds is 6. The van der Waals surface area contributed by atoms with Crippen molar-refractivity contribution in [2.24, 2.45) is 0 Å². The molecule has 2 N–H and O–H groups in total. The summed E-state index contributed by atoms with van der Waals surface area (Å²) in [4.78, 5) is 2.17. The van der Waals surface area contributed by atoms with Crippen LogP contribution in [0.2, 0.25) is 0 Å². The maximum Gasteiger partial charge on any atom is 0.170 e. The van der Waals surface area contributed by atoms with Gasteiger partial charge in [0.1, 0.15) is 5.82 Å². The van der Waals surface area contributed by atoms with E-state index in [0.29, 0.717) is 5.11 Å². The van der Waals surface area contributed by atoms with E-state index >= 15 is 0 Å². The number of fused-ring (bicyclic) bond motifs is 1. The Hall–Kier alpha value is -1.99. The number of anilines is 1. The molecule has 2 aromatic rings. The Morgan fingerprint density at radius 2 is 2.12 bits per heavy atom. The minimum absolute atomic E-state index is 0.654. The van der Waals surface area contributed by atoms with Crippen LogP contribution in [0.25, 0.3) is 11.4 Å². The minimum Gasteiger partial charge on any atom is -0.362 e. The van der Waals surface area contributed by atoms with Gasteiger partial charge in [-0.15, -0.1) is 10.2 Å². The first-order chi connectivity index (χ1) is 12.6. The summed E-state index contributed by atoms with van der Waals surface area (Å²) >= 11 is 5.40. The molecule has 0 spiro atoms. The zero-order valence-electron chi connectivity index (χ0n) is 15.7. The first kappa shape index (κ1) is 18.8. The molecule has 0 fully saturated rings. The van der Waals surface area contributed by atoms with Gasteiger partial charge in [0.05, 0.1) is 0 Å². The van der Waals surface area contributed by atoms with Gasteiger partial charge < -0.3 is 20.1 Å². The van der Waals surface area contributed by atoms with E-state index in [9.17, 15) is 0 Å². The van der Waals surface area contributed by atoms with Crippen molar-refractivity contribution in [1.29, 1.82) is 0 Å². The van der Waals surface area contributed by atoms with Crippen molar-refractivity contribution in [2.75, 3.05) is 32.5 Å². The third kappa shape index (κ3) is 5.02. The Balaban J connectivity index is 1.64. The number of nitrogens with one attached hydrogen (secondary N) is 2. The van der Waals surface area contributed by atoms with Crippen molar-refractivity contribution in [1.82, 2.24) is 25.0 Å². The highest BCUT2D eigenvalue weighted by Gasteiger charge is 2.16. The van der Waals surface area contributed by atoms with Crippen molar-refractivity contribution in [3.05, 3.63) is 30.1 Å². The molecule has 0 saturated heterocycles. The lowest BCUT2D eigenvalue weighted by Crippen LogP contribution is -2.30. The van der Waals surface area contributed by atoms with E-state index < -0.39 is 0 Å². The maximum absolute atomic E-state index is 5.40. The summed E-state index contributed by atoms with van der Waals surface area (Å²) in [5, 5.41) is 16.0. The van der Waals surface area contributed by atoms with E-state index in [0.717, 1.165) is 55.4 Å². The first-order valence-corrected chi connectivity index (χ1v) is 9.76. The normalized spacial score (nSPS) is 14.0. The van der Waals surface area contributed by atoms with Crippen molar-refractivity contribution < 1.29 is 0 Å². The monoisotopic (exact) mass is 372 g/mol. The Labute approximate surface area is 161 Å². The lowest BCUT2D eigenvalue weighted by molar-refractivity contribution is 0.400. The average Bonchev–Trinajstić information content (AvgIpc) is 2.87. The summed E-state index contributed by atoms with van der Waals surface area (Å²) in [5.74, 6) is 2.06. The fourth-order valence-electron chi connectivity index (χ4n) is 3.21. The standard InChI is InChI=1S/C19H28N6S/c1-24(2)12-7-11-20-19(26)21-16-9-6-8-15(14-16)18-23-22-17-10-4-3-5-13-25(17)18/h6,8-9,14H,3-5,7,10-13H2,1-2H3,(H2,20,21,26). The minimum atomic E-state index is 0.654. The zero-order valence-corrected chi connectivity index (χ0v) is 16.5. The number of aryl methyl sites for hydroxylation is 1. The summed E-state index contributed by atoms with van der Waals surface area (Å²) in [7, 11) is 4.15. The number of benzene rings is 1. The molecule has 0 unspecified atom stereocenters. The van der Waals surface area contributed by atoms with Gasteiger partial charge in [0, 0.05) is 30.8 Å². The van der Waals surface area contributed by atoms with Crippen LogP contribution in [0.15, 0.2) is 24.3 Å². The van der Waals surface area contributed by atoms with Crippen LogP contribution in [0.4, 0.5) is 5.69 Å².